The van der Waals surface area contributed by atoms with Crippen LogP contribution in [0.3, 0.4) is 0 Å². The van der Waals surface area contributed by atoms with Crippen LogP contribution in [0.2, 0.25) is 0 Å². The standard InChI is InChI=1S/C12H12FN3OS/c1-8-14-15-12(16(8)2)18-7-11(17)9-5-3-4-6-10(9)13/h3-6H,7H2,1-2H3. The maximum atomic E-state index is 13.4. The van der Waals surface area contributed by atoms with Crippen molar-refractivity contribution in [3.8, 4) is 0 Å². The summed E-state index contributed by atoms with van der Waals surface area (Å²) in [7, 11) is 1.82. The van der Waals surface area contributed by atoms with Crippen molar-refractivity contribution in [3.05, 3.63) is 41.5 Å². The molecule has 4 nitrogen and oxygen atoms in total. The average molecular weight is 265 g/mol. The molecule has 0 atom stereocenters. The van der Waals surface area contributed by atoms with E-state index in [1.54, 1.807) is 16.7 Å². The van der Waals surface area contributed by atoms with Gasteiger partial charge in [-0.3, -0.25) is 4.79 Å². The quantitative estimate of drug-likeness (QED) is 0.628. The van der Waals surface area contributed by atoms with Gasteiger partial charge in [-0.05, 0) is 19.1 Å². The molecule has 0 aliphatic heterocycles. The highest BCUT2D eigenvalue weighted by Crippen LogP contribution is 2.18. The predicted molar refractivity (Wildman–Crippen MR) is 67.2 cm³/mol. The Morgan fingerprint density at radius 3 is 2.72 bits per heavy atom. The molecule has 94 valence electrons. The van der Waals surface area contributed by atoms with E-state index in [0.29, 0.717) is 5.16 Å². The van der Waals surface area contributed by atoms with E-state index in [9.17, 15) is 9.18 Å². The number of hydrogen-bond acceptors (Lipinski definition) is 4. The summed E-state index contributed by atoms with van der Waals surface area (Å²) in [6.07, 6.45) is 0. The van der Waals surface area contributed by atoms with Gasteiger partial charge in [-0.2, -0.15) is 0 Å². The second-order valence-electron chi connectivity index (χ2n) is 3.78. The Morgan fingerprint density at radius 2 is 2.11 bits per heavy atom. The maximum absolute atomic E-state index is 13.4. The zero-order chi connectivity index (χ0) is 13.1. The molecule has 0 bridgehead atoms. The van der Waals surface area contributed by atoms with Gasteiger partial charge in [0.05, 0.1) is 11.3 Å². The van der Waals surface area contributed by atoms with Crippen LogP contribution < -0.4 is 0 Å². The topological polar surface area (TPSA) is 47.8 Å². The van der Waals surface area contributed by atoms with E-state index in [-0.39, 0.29) is 17.1 Å². The van der Waals surface area contributed by atoms with Gasteiger partial charge in [0.15, 0.2) is 10.9 Å². The van der Waals surface area contributed by atoms with E-state index >= 15 is 0 Å². The number of aromatic nitrogens is 3. The molecule has 2 rings (SSSR count). The second kappa shape index (κ2) is 5.30. The number of nitrogens with zero attached hydrogens (tertiary/aromatic N) is 3. The van der Waals surface area contributed by atoms with Crippen molar-refractivity contribution >= 4 is 17.5 Å². The third kappa shape index (κ3) is 2.59. The van der Waals surface area contributed by atoms with Gasteiger partial charge >= 0.3 is 0 Å². The first-order valence-electron chi connectivity index (χ1n) is 5.36. The average Bonchev–Trinajstić information content (AvgIpc) is 2.68. The summed E-state index contributed by atoms with van der Waals surface area (Å²) < 4.78 is 15.2. The second-order valence-corrected chi connectivity index (χ2v) is 4.72. The zero-order valence-corrected chi connectivity index (χ0v) is 10.9. The lowest BCUT2D eigenvalue weighted by Crippen LogP contribution is -2.06. The smallest absolute Gasteiger partial charge is 0.191 e. The summed E-state index contributed by atoms with van der Waals surface area (Å²) in [6.45, 7) is 1.83. The molecule has 1 aromatic carbocycles. The summed E-state index contributed by atoms with van der Waals surface area (Å²) in [5, 5.41) is 8.47. The number of aryl methyl sites for hydroxylation is 1. The van der Waals surface area contributed by atoms with Gasteiger partial charge in [0, 0.05) is 7.05 Å². The molecular weight excluding hydrogens is 253 g/mol. The minimum absolute atomic E-state index is 0.115. The fourth-order valence-electron chi connectivity index (χ4n) is 1.41. The lowest BCUT2D eigenvalue weighted by Gasteiger charge is -2.02. The molecule has 0 fully saturated rings. The first-order chi connectivity index (χ1) is 8.59. The molecule has 1 aromatic heterocycles. The van der Waals surface area contributed by atoms with E-state index < -0.39 is 5.82 Å². The van der Waals surface area contributed by atoms with Crippen molar-refractivity contribution in [2.24, 2.45) is 7.05 Å². The Balaban J connectivity index is 2.05. The molecule has 0 aliphatic rings. The molecule has 6 heteroatoms. The van der Waals surface area contributed by atoms with Crippen molar-refractivity contribution in [1.82, 2.24) is 14.8 Å². The van der Waals surface area contributed by atoms with Crippen LogP contribution >= 0.6 is 11.8 Å². The molecular formula is C12H12FN3OS. The fraction of sp³-hybridized carbons (Fsp3) is 0.250. The van der Waals surface area contributed by atoms with Gasteiger partial charge < -0.3 is 4.57 Å². The highest BCUT2D eigenvalue weighted by molar-refractivity contribution is 7.99. The van der Waals surface area contributed by atoms with Crippen LogP contribution in [0.25, 0.3) is 0 Å². The predicted octanol–water partition coefficient (Wildman–Crippen LogP) is 2.24. The normalized spacial score (nSPS) is 10.6. The highest BCUT2D eigenvalue weighted by atomic mass is 32.2. The van der Waals surface area contributed by atoms with E-state index in [1.807, 2.05) is 14.0 Å². The minimum Gasteiger partial charge on any atom is -0.309 e. The van der Waals surface area contributed by atoms with Gasteiger partial charge in [-0.25, -0.2) is 4.39 Å². The van der Waals surface area contributed by atoms with Crippen LogP contribution in [0.15, 0.2) is 29.4 Å². The number of Topliss-reactive ketones (excluding diaryl/α,β-unsaturated/α-hetero) is 1. The molecule has 0 N–H and O–H groups in total. The van der Waals surface area contributed by atoms with Crippen LogP contribution in [0.1, 0.15) is 16.2 Å². The van der Waals surface area contributed by atoms with E-state index in [1.165, 1.54) is 23.9 Å². The molecule has 1 heterocycles. The number of carbonyl (C=O) groups is 1. The Labute approximate surface area is 108 Å². The lowest BCUT2D eigenvalue weighted by atomic mass is 10.1. The van der Waals surface area contributed by atoms with Gasteiger partial charge in [0.2, 0.25) is 0 Å². The van der Waals surface area contributed by atoms with Gasteiger partial charge in [0.1, 0.15) is 11.6 Å². The number of rotatable bonds is 4. The third-order valence-corrected chi connectivity index (χ3v) is 3.58. The maximum Gasteiger partial charge on any atom is 0.191 e. The minimum atomic E-state index is -0.489. The van der Waals surface area contributed by atoms with Crippen LogP contribution in [0.4, 0.5) is 4.39 Å². The molecule has 2 aromatic rings. The first-order valence-corrected chi connectivity index (χ1v) is 6.34. The molecule has 18 heavy (non-hydrogen) atoms. The SMILES string of the molecule is Cc1nnc(SCC(=O)c2ccccc2F)n1C. The van der Waals surface area contributed by atoms with Gasteiger partial charge in [-0.15, -0.1) is 10.2 Å². The Bertz CT molecular complexity index is 582. The van der Waals surface area contributed by atoms with E-state index in [0.717, 1.165) is 5.82 Å². The van der Waals surface area contributed by atoms with Crippen molar-refractivity contribution in [2.45, 2.75) is 12.1 Å². The molecule has 0 spiro atoms. The number of hydrogen-bond donors (Lipinski definition) is 0. The lowest BCUT2D eigenvalue weighted by molar-refractivity contribution is 0.101. The zero-order valence-electron chi connectivity index (χ0n) is 10.1. The van der Waals surface area contributed by atoms with Crippen LogP contribution in [-0.2, 0) is 7.05 Å². The van der Waals surface area contributed by atoms with Crippen LogP contribution in [-0.4, -0.2) is 26.3 Å². The van der Waals surface area contributed by atoms with Crippen molar-refractivity contribution in [2.75, 3.05) is 5.75 Å². The number of benzene rings is 1. The van der Waals surface area contributed by atoms with Crippen molar-refractivity contribution in [3.63, 3.8) is 0 Å². The van der Waals surface area contributed by atoms with E-state index in [2.05, 4.69) is 10.2 Å². The number of ketones is 1. The molecule has 0 radical (unpaired) electrons. The van der Waals surface area contributed by atoms with Crippen LogP contribution in [0, 0.1) is 12.7 Å². The molecule has 0 saturated carbocycles. The van der Waals surface area contributed by atoms with Gasteiger partial charge in [0.25, 0.3) is 0 Å². The first kappa shape index (κ1) is 12.8. The van der Waals surface area contributed by atoms with Crippen molar-refractivity contribution < 1.29 is 9.18 Å². The van der Waals surface area contributed by atoms with Crippen molar-refractivity contribution in [1.29, 1.82) is 0 Å². The van der Waals surface area contributed by atoms with E-state index in [4.69, 9.17) is 0 Å². The monoisotopic (exact) mass is 265 g/mol. The largest absolute Gasteiger partial charge is 0.309 e. The highest BCUT2D eigenvalue weighted by Gasteiger charge is 2.13. The summed E-state index contributed by atoms with van der Waals surface area (Å²) in [4.78, 5) is 11.8. The number of carbonyl (C=O) groups excluding carboxylic acids is 1. The fourth-order valence-corrected chi connectivity index (χ4v) is 2.25. The summed E-state index contributed by atoms with van der Waals surface area (Å²) >= 11 is 1.25. The van der Waals surface area contributed by atoms with Gasteiger partial charge in [-0.1, -0.05) is 23.9 Å². The number of thioether (sulfide) groups is 1. The number of halogens is 1. The summed E-state index contributed by atoms with van der Waals surface area (Å²) in [5.74, 6) is 0.180. The van der Waals surface area contributed by atoms with Crippen LogP contribution in [0.5, 0.6) is 0 Å². The third-order valence-electron chi connectivity index (χ3n) is 2.56. The molecule has 0 aliphatic carbocycles. The molecule has 0 unspecified atom stereocenters. The molecule has 0 saturated heterocycles. The Kier molecular flexibility index (Phi) is 3.76. The Morgan fingerprint density at radius 1 is 1.39 bits per heavy atom. The summed E-state index contributed by atoms with van der Waals surface area (Å²) in [6, 6.07) is 5.98. The molecule has 0 amide bonds. The summed E-state index contributed by atoms with van der Waals surface area (Å²) in [5.41, 5.74) is 0.115. The Hall–Kier alpha value is -1.69.